The second-order valence-electron chi connectivity index (χ2n) is 6.84. The van der Waals surface area contributed by atoms with E-state index in [1.807, 2.05) is 12.1 Å². The van der Waals surface area contributed by atoms with E-state index in [1.165, 1.54) is 25.1 Å². The summed E-state index contributed by atoms with van der Waals surface area (Å²) in [7, 11) is -3.92. The maximum Gasteiger partial charge on any atom is 0.338 e. The number of amides is 1. The number of sulfonamides is 1. The third-order valence-corrected chi connectivity index (χ3v) is 5.95. The Hall–Kier alpha value is -2.87. The molecule has 0 aliphatic rings. The second kappa shape index (κ2) is 9.56. The molecule has 2 aromatic rings. The number of carbonyl (C=O) groups excluding carboxylic acids is 2. The van der Waals surface area contributed by atoms with Crippen molar-refractivity contribution in [1.29, 1.82) is 0 Å². The molecule has 0 spiro atoms. The van der Waals surface area contributed by atoms with E-state index in [2.05, 4.69) is 11.6 Å². The van der Waals surface area contributed by atoms with Gasteiger partial charge in [0.2, 0.25) is 0 Å². The van der Waals surface area contributed by atoms with Crippen LogP contribution in [0.4, 0.5) is 5.69 Å². The Morgan fingerprint density at radius 3 is 2.38 bits per heavy atom. The van der Waals surface area contributed by atoms with E-state index in [-0.39, 0.29) is 10.5 Å². The van der Waals surface area contributed by atoms with E-state index < -0.39 is 28.0 Å². The summed E-state index contributed by atoms with van der Waals surface area (Å²) in [5.41, 5.74) is 7.14. The highest BCUT2D eigenvalue weighted by Gasteiger charge is 2.22. The maximum absolute atomic E-state index is 12.8. The summed E-state index contributed by atoms with van der Waals surface area (Å²) >= 11 is 0. The fourth-order valence-electron chi connectivity index (χ4n) is 2.63. The van der Waals surface area contributed by atoms with E-state index in [0.29, 0.717) is 11.3 Å². The van der Waals surface area contributed by atoms with Gasteiger partial charge in [0, 0.05) is 5.69 Å². The van der Waals surface area contributed by atoms with Gasteiger partial charge in [-0.25, -0.2) is 13.2 Å². The van der Waals surface area contributed by atoms with Crippen LogP contribution in [0, 0.1) is 6.92 Å². The molecular formula is C21H26N2O5S. The lowest BCUT2D eigenvalue weighted by Crippen LogP contribution is -2.30. The first kappa shape index (κ1) is 22.4. The first-order chi connectivity index (χ1) is 13.6. The van der Waals surface area contributed by atoms with Gasteiger partial charge in [0.1, 0.15) is 0 Å². The van der Waals surface area contributed by atoms with Crippen LogP contribution < -0.4 is 10.5 Å². The lowest BCUT2D eigenvalue weighted by molar-refractivity contribution is -0.125. The minimum Gasteiger partial charge on any atom is -0.449 e. The Morgan fingerprint density at radius 1 is 1.14 bits per heavy atom. The Balaban J connectivity index is 2.23. The number of anilines is 1. The predicted molar refractivity (Wildman–Crippen MR) is 111 cm³/mol. The van der Waals surface area contributed by atoms with Crippen LogP contribution in [0.15, 0.2) is 47.4 Å². The van der Waals surface area contributed by atoms with Crippen LogP contribution in [0.2, 0.25) is 0 Å². The van der Waals surface area contributed by atoms with Crippen molar-refractivity contribution in [2.75, 3.05) is 4.72 Å². The molecule has 0 fully saturated rings. The molecule has 0 radical (unpaired) electrons. The van der Waals surface area contributed by atoms with Crippen LogP contribution in [0.3, 0.4) is 0 Å². The molecule has 0 saturated heterocycles. The standard InChI is InChI=1S/C21H26N2O5S/c1-4-5-6-16-8-11-18(12-9-16)23-29(26,27)19-13-17(10-7-14(19)2)21(25)28-15(3)20(22)24/h7-13,15,23H,4-6H2,1-3H3,(H2,22,24)/t15-/m0/s1. The van der Waals surface area contributed by atoms with Gasteiger partial charge in [0.25, 0.3) is 15.9 Å². The number of unbranched alkanes of at least 4 members (excludes halogenated alkanes) is 1. The van der Waals surface area contributed by atoms with E-state index in [0.717, 1.165) is 24.8 Å². The fourth-order valence-corrected chi connectivity index (χ4v) is 3.96. The number of nitrogens with two attached hydrogens (primary N) is 1. The number of nitrogens with one attached hydrogen (secondary N) is 1. The summed E-state index contributed by atoms with van der Waals surface area (Å²) in [5, 5.41) is 0. The monoisotopic (exact) mass is 418 g/mol. The number of benzene rings is 2. The molecule has 1 atom stereocenters. The molecule has 1 amide bonds. The highest BCUT2D eigenvalue weighted by Crippen LogP contribution is 2.22. The van der Waals surface area contributed by atoms with E-state index in [4.69, 9.17) is 10.5 Å². The van der Waals surface area contributed by atoms with Gasteiger partial charge in [-0.1, -0.05) is 31.5 Å². The lowest BCUT2D eigenvalue weighted by Gasteiger charge is -2.13. The lowest BCUT2D eigenvalue weighted by atomic mass is 10.1. The summed E-state index contributed by atoms with van der Waals surface area (Å²) in [6.07, 6.45) is 1.98. The Morgan fingerprint density at radius 2 is 1.79 bits per heavy atom. The zero-order chi connectivity index (χ0) is 21.6. The average Bonchev–Trinajstić information content (AvgIpc) is 2.67. The molecule has 8 heteroatoms. The minimum absolute atomic E-state index is 0.0130. The highest BCUT2D eigenvalue weighted by molar-refractivity contribution is 7.92. The van der Waals surface area contributed by atoms with Gasteiger partial charge in [-0.3, -0.25) is 9.52 Å². The van der Waals surface area contributed by atoms with Gasteiger partial charge < -0.3 is 10.5 Å². The molecule has 7 nitrogen and oxygen atoms in total. The maximum atomic E-state index is 12.8. The van der Waals surface area contributed by atoms with Crippen molar-refractivity contribution in [2.24, 2.45) is 5.73 Å². The van der Waals surface area contributed by atoms with E-state index in [9.17, 15) is 18.0 Å². The van der Waals surface area contributed by atoms with Crippen molar-refractivity contribution >= 4 is 27.6 Å². The van der Waals surface area contributed by atoms with Gasteiger partial charge in [0.05, 0.1) is 10.5 Å². The van der Waals surface area contributed by atoms with Gasteiger partial charge in [-0.15, -0.1) is 0 Å². The van der Waals surface area contributed by atoms with Crippen LogP contribution >= 0.6 is 0 Å². The normalized spacial score (nSPS) is 12.2. The number of hydrogen-bond donors (Lipinski definition) is 2. The molecular weight excluding hydrogens is 392 g/mol. The number of primary amides is 1. The summed E-state index contributed by atoms with van der Waals surface area (Å²) < 4.78 is 33.2. The molecule has 0 aliphatic carbocycles. The molecule has 0 saturated carbocycles. The molecule has 2 rings (SSSR count). The summed E-state index contributed by atoms with van der Waals surface area (Å²) in [5.74, 6) is -1.62. The fraction of sp³-hybridized carbons (Fsp3) is 0.333. The minimum atomic E-state index is -3.92. The Bertz CT molecular complexity index is 985. The van der Waals surface area contributed by atoms with Gasteiger partial charge in [-0.05, 0) is 62.1 Å². The van der Waals surface area contributed by atoms with Crippen molar-refractivity contribution in [2.45, 2.75) is 51.0 Å². The van der Waals surface area contributed by atoms with Gasteiger partial charge in [-0.2, -0.15) is 0 Å². The number of esters is 1. The molecule has 0 heterocycles. The van der Waals surface area contributed by atoms with Gasteiger partial charge in [0.15, 0.2) is 6.10 Å². The average molecular weight is 419 g/mol. The van der Waals surface area contributed by atoms with Crippen LogP contribution in [-0.2, 0) is 26.0 Å². The zero-order valence-electron chi connectivity index (χ0n) is 16.8. The smallest absolute Gasteiger partial charge is 0.338 e. The van der Waals surface area contributed by atoms with E-state index >= 15 is 0 Å². The number of ether oxygens (including phenoxy) is 1. The van der Waals surface area contributed by atoms with Crippen LogP contribution in [0.1, 0.15) is 48.2 Å². The van der Waals surface area contributed by atoms with Crippen molar-refractivity contribution in [3.63, 3.8) is 0 Å². The first-order valence-electron chi connectivity index (χ1n) is 9.36. The van der Waals surface area contributed by atoms with E-state index in [1.54, 1.807) is 19.1 Å². The molecule has 3 N–H and O–H groups in total. The van der Waals surface area contributed by atoms with Crippen LogP contribution in [-0.4, -0.2) is 26.4 Å². The SMILES string of the molecule is CCCCc1ccc(NS(=O)(=O)c2cc(C(=O)O[C@@H](C)C(N)=O)ccc2C)cc1. The second-order valence-corrected chi connectivity index (χ2v) is 8.49. The summed E-state index contributed by atoms with van der Waals surface area (Å²) in [6, 6.07) is 11.4. The van der Waals surface area contributed by atoms with Crippen LogP contribution in [0.25, 0.3) is 0 Å². The molecule has 0 bridgehead atoms. The third-order valence-electron chi connectivity index (χ3n) is 4.42. The molecule has 2 aromatic carbocycles. The molecule has 0 aliphatic heterocycles. The number of rotatable bonds is 9. The molecule has 0 aromatic heterocycles. The quantitative estimate of drug-likeness (QED) is 0.607. The van der Waals surface area contributed by atoms with Crippen molar-refractivity contribution in [3.8, 4) is 0 Å². The Labute approximate surface area is 171 Å². The van der Waals surface area contributed by atoms with Crippen molar-refractivity contribution in [1.82, 2.24) is 0 Å². The van der Waals surface area contributed by atoms with Gasteiger partial charge >= 0.3 is 5.97 Å². The predicted octanol–water partition coefficient (Wildman–Crippen LogP) is 3.17. The highest BCUT2D eigenvalue weighted by atomic mass is 32.2. The Kier molecular flexibility index (Phi) is 7.39. The van der Waals surface area contributed by atoms with Crippen LogP contribution in [0.5, 0.6) is 0 Å². The van der Waals surface area contributed by atoms with Crippen molar-refractivity contribution in [3.05, 3.63) is 59.2 Å². The number of aryl methyl sites for hydroxylation is 2. The molecule has 29 heavy (non-hydrogen) atoms. The number of hydrogen-bond acceptors (Lipinski definition) is 5. The van der Waals surface area contributed by atoms with Crippen molar-refractivity contribution < 1.29 is 22.7 Å². The zero-order valence-corrected chi connectivity index (χ0v) is 17.6. The largest absolute Gasteiger partial charge is 0.449 e. The first-order valence-corrected chi connectivity index (χ1v) is 10.8. The molecule has 156 valence electrons. The third kappa shape index (κ3) is 6.05. The summed E-state index contributed by atoms with van der Waals surface area (Å²) in [6.45, 7) is 5.09. The topological polar surface area (TPSA) is 116 Å². The molecule has 0 unspecified atom stereocenters. The summed E-state index contributed by atoms with van der Waals surface area (Å²) in [4.78, 5) is 23.2. The number of carbonyl (C=O) groups is 2.